The SMILES string of the molecule is Cc1ccc(CC(=O)N[C@@H]2CCCN(C(=O)CCc3nccs3)C2)cc1. The second-order valence-electron chi connectivity index (χ2n) is 6.83. The van der Waals surface area contributed by atoms with Gasteiger partial charge in [-0.3, -0.25) is 9.59 Å². The van der Waals surface area contributed by atoms with Crippen molar-refractivity contribution in [3.05, 3.63) is 52.0 Å². The highest BCUT2D eigenvalue weighted by molar-refractivity contribution is 7.09. The van der Waals surface area contributed by atoms with E-state index in [1.54, 1.807) is 17.5 Å². The second-order valence-corrected chi connectivity index (χ2v) is 7.81. The number of rotatable bonds is 6. The molecule has 5 nitrogen and oxygen atoms in total. The largest absolute Gasteiger partial charge is 0.351 e. The molecule has 0 saturated carbocycles. The Morgan fingerprint density at radius 3 is 2.85 bits per heavy atom. The first-order valence-corrected chi connectivity index (χ1v) is 9.99. The summed E-state index contributed by atoms with van der Waals surface area (Å²) in [6, 6.07) is 8.07. The molecule has 6 heteroatoms. The van der Waals surface area contributed by atoms with E-state index in [9.17, 15) is 9.59 Å². The van der Waals surface area contributed by atoms with E-state index in [1.807, 2.05) is 41.5 Å². The van der Waals surface area contributed by atoms with Crippen LogP contribution in [0.15, 0.2) is 35.8 Å². The number of hydrogen-bond donors (Lipinski definition) is 1. The van der Waals surface area contributed by atoms with Crippen LogP contribution in [0.5, 0.6) is 0 Å². The maximum absolute atomic E-state index is 12.4. The van der Waals surface area contributed by atoms with Gasteiger partial charge in [-0.1, -0.05) is 29.8 Å². The van der Waals surface area contributed by atoms with Gasteiger partial charge in [-0.2, -0.15) is 0 Å². The summed E-state index contributed by atoms with van der Waals surface area (Å²) in [6.45, 7) is 3.42. The average molecular weight is 372 g/mol. The van der Waals surface area contributed by atoms with Crippen molar-refractivity contribution < 1.29 is 9.59 Å². The number of nitrogens with zero attached hydrogens (tertiary/aromatic N) is 2. The molecule has 1 fully saturated rings. The van der Waals surface area contributed by atoms with Gasteiger partial charge in [-0.05, 0) is 25.3 Å². The third-order valence-electron chi connectivity index (χ3n) is 4.66. The van der Waals surface area contributed by atoms with Crippen molar-refractivity contribution in [3.63, 3.8) is 0 Å². The minimum absolute atomic E-state index is 0.0240. The first kappa shape index (κ1) is 18.6. The van der Waals surface area contributed by atoms with E-state index in [1.165, 1.54) is 5.56 Å². The van der Waals surface area contributed by atoms with Gasteiger partial charge >= 0.3 is 0 Å². The molecule has 1 aromatic carbocycles. The second kappa shape index (κ2) is 8.94. The molecule has 1 saturated heterocycles. The number of aromatic nitrogens is 1. The summed E-state index contributed by atoms with van der Waals surface area (Å²) in [5.41, 5.74) is 2.20. The molecule has 0 aliphatic carbocycles. The van der Waals surface area contributed by atoms with Crippen molar-refractivity contribution >= 4 is 23.2 Å². The number of thiazole rings is 1. The fourth-order valence-corrected chi connectivity index (χ4v) is 3.86. The molecule has 1 aromatic heterocycles. The van der Waals surface area contributed by atoms with Gasteiger partial charge in [-0.15, -0.1) is 11.3 Å². The lowest BCUT2D eigenvalue weighted by molar-refractivity contribution is -0.133. The van der Waals surface area contributed by atoms with Crippen LogP contribution in [-0.2, 0) is 22.4 Å². The monoisotopic (exact) mass is 371 g/mol. The van der Waals surface area contributed by atoms with Crippen LogP contribution in [0.4, 0.5) is 0 Å². The molecule has 2 amide bonds. The summed E-state index contributed by atoms with van der Waals surface area (Å²) in [7, 11) is 0. The molecule has 1 aliphatic heterocycles. The summed E-state index contributed by atoms with van der Waals surface area (Å²) in [4.78, 5) is 30.8. The molecule has 2 heterocycles. The van der Waals surface area contributed by atoms with E-state index in [0.717, 1.165) is 30.0 Å². The number of benzene rings is 1. The molecule has 26 heavy (non-hydrogen) atoms. The van der Waals surface area contributed by atoms with Crippen molar-refractivity contribution in [2.75, 3.05) is 13.1 Å². The van der Waals surface area contributed by atoms with Gasteiger partial charge in [0.1, 0.15) is 0 Å². The number of amides is 2. The number of nitrogens with one attached hydrogen (secondary N) is 1. The van der Waals surface area contributed by atoms with Crippen LogP contribution in [-0.4, -0.2) is 40.8 Å². The number of carbonyl (C=O) groups excluding carboxylic acids is 2. The Kier molecular flexibility index (Phi) is 6.39. The average Bonchev–Trinajstić information content (AvgIpc) is 3.15. The van der Waals surface area contributed by atoms with E-state index < -0.39 is 0 Å². The zero-order valence-electron chi connectivity index (χ0n) is 15.1. The molecule has 1 atom stereocenters. The lowest BCUT2D eigenvalue weighted by Crippen LogP contribution is -2.50. The zero-order chi connectivity index (χ0) is 18.4. The molecular formula is C20H25N3O2S. The van der Waals surface area contributed by atoms with Crippen molar-refractivity contribution in [3.8, 4) is 0 Å². The van der Waals surface area contributed by atoms with Crippen LogP contribution in [0.1, 0.15) is 35.4 Å². The maximum atomic E-state index is 12.4. The van der Waals surface area contributed by atoms with Crippen LogP contribution in [0, 0.1) is 6.92 Å². The molecule has 1 aliphatic rings. The molecule has 138 valence electrons. The Bertz CT molecular complexity index is 728. The molecule has 0 radical (unpaired) electrons. The van der Waals surface area contributed by atoms with Crippen LogP contribution in [0.25, 0.3) is 0 Å². The van der Waals surface area contributed by atoms with Gasteiger partial charge in [0, 0.05) is 43.5 Å². The van der Waals surface area contributed by atoms with Crippen molar-refractivity contribution in [1.82, 2.24) is 15.2 Å². The number of likely N-dealkylation sites (tertiary alicyclic amines) is 1. The van der Waals surface area contributed by atoms with Crippen molar-refractivity contribution in [2.24, 2.45) is 0 Å². The minimum Gasteiger partial charge on any atom is -0.351 e. The molecule has 1 N–H and O–H groups in total. The lowest BCUT2D eigenvalue weighted by Gasteiger charge is -2.33. The topological polar surface area (TPSA) is 62.3 Å². The highest BCUT2D eigenvalue weighted by Gasteiger charge is 2.24. The normalized spacial score (nSPS) is 17.1. The van der Waals surface area contributed by atoms with E-state index >= 15 is 0 Å². The molecule has 0 spiro atoms. The number of carbonyl (C=O) groups is 2. The summed E-state index contributed by atoms with van der Waals surface area (Å²) in [6.07, 6.45) is 5.18. The Labute approximate surface area is 158 Å². The maximum Gasteiger partial charge on any atom is 0.224 e. The zero-order valence-corrected chi connectivity index (χ0v) is 15.9. The summed E-state index contributed by atoms with van der Waals surface area (Å²) < 4.78 is 0. The van der Waals surface area contributed by atoms with E-state index in [0.29, 0.717) is 25.8 Å². The van der Waals surface area contributed by atoms with Crippen LogP contribution < -0.4 is 5.32 Å². The van der Waals surface area contributed by atoms with Crippen LogP contribution in [0.2, 0.25) is 0 Å². The Morgan fingerprint density at radius 1 is 1.31 bits per heavy atom. The third-order valence-corrected chi connectivity index (χ3v) is 5.50. The van der Waals surface area contributed by atoms with Crippen LogP contribution in [0.3, 0.4) is 0 Å². The van der Waals surface area contributed by atoms with Gasteiger partial charge in [0.2, 0.25) is 11.8 Å². The predicted octanol–water partition coefficient (Wildman–Crippen LogP) is 2.73. The Morgan fingerprint density at radius 2 is 2.12 bits per heavy atom. The Hall–Kier alpha value is -2.21. The number of piperidine rings is 1. The first-order valence-electron chi connectivity index (χ1n) is 9.11. The van der Waals surface area contributed by atoms with Crippen LogP contribution >= 0.6 is 11.3 Å². The van der Waals surface area contributed by atoms with Gasteiger partial charge in [0.15, 0.2) is 0 Å². The predicted molar refractivity (Wildman–Crippen MR) is 103 cm³/mol. The van der Waals surface area contributed by atoms with Gasteiger partial charge < -0.3 is 10.2 Å². The van der Waals surface area contributed by atoms with E-state index in [-0.39, 0.29) is 17.9 Å². The van der Waals surface area contributed by atoms with Crippen molar-refractivity contribution in [2.45, 2.75) is 45.1 Å². The molecule has 3 rings (SSSR count). The van der Waals surface area contributed by atoms with E-state index in [4.69, 9.17) is 0 Å². The third kappa shape index (κ3) is 5.39. The van der Waals surface area contributed by atoms with Gasteiger partial charge in [0.05, 0.1) is 11.4 Å². The summed E-state index contributed by atoms with van der Waals surface area (Å²) in [5, 5.41) is 6.02. The Balaban J connectivity index is 1.45. The van der Waals surface area contributed by atoms with Gasteiger partial charge in [-0.25, -0.2) is 4.98 Å². The lowest BCUT2D eigenvalue weighted by atomic mass is 10.0. The minimum atomic E-state index is 0.0240. The fourth-order valence-electron chi connectivity index (χ4n) is 3.24. The summed E-state index contributed by atoms with van der Waals surface area (Å²) in [5.74, 6) is 0.175. The quantitative estimate of drug-likeness (QED) is 0.849. The molecular weight excluding hydrogens is 346 g/mol. The molecule has 0 unspecified atom stereocenters. The highest BCUT2D eigenvalue weighted by Crippen LogP contribution is 2.14. The molecule has 0 bridgehead atoms. The van der Waals surface area contributed by atoms with Crippen molar-refractivity contribution in [1.29, 1.82) is 0 Å². The van der Waals surface area contributed by atoms with E-state index in [2.05, 4.69) is 10.3 Å². The highest BCUT2D eigenvalue weighted by atomic mass is 32.1. The number of hydrogen-bond acceptors (Lipinski definition) is 4. The molecule has 2 aromatic rings. The first-order chi connectivity index (χ1) is 12.6. The standard InChI is InChI=1S/C20H25N3O2S/c1-15-4-6-16(7-5-15)13-18(24)22-17-3-2-11-23(14-17)20(25)9-8-19-21-10-12-26-19/h4-7,10,12,17H,2-3,8-9,11,13-14H2,1H3,(H,22,24)/t17-/m1/s1. The fraction of sp³-hybridized carbons (Fsp3) is 0.450. The summed E-state index contributed by atoms with van der Waals surface area (Å²) >= 11 is 1.58. The van der Waals surface area contributed by atoms with Gasteiger partial charge in [0.25, 0.3) is 0 Å². The number of aryl methyl sites for hydroxylation is 2. The smallest absolute Gasteiger partial charge is 0.224 e.